The Bertz CT molecular complexity index is 1320. The molecule has 1 saturated heterocycles. The number of hydrogen-bond acceptors (Lipinski definition) is 4. The highest BCUT2D eigenvalue weighted by molar-refractivity contribution is 6.01. The van der Waals surface area contributed by atoms with Crippen LogP contribution in [-0.2, 0) is 17.5 Å². The van der Waals surface area contributed by atoms with Gasteiger partial charge in [0.15, 0.2) is 5.78 Å². The summed E-state index contributed by atoms with van der Waals surface area (Å²) in [5.74, 6) is 0.939. The van der Waals surface area contributed by atoms with E-state index in [-0.39, 0.29) is 17.3 Å². The number of likely N-dealkylation sites (tertiary alicyclic amines) is 1. The molecule has 9 heteroatoms. The van der Waals surface area contributed by atoms with Crippen molar-refractivity contribution in [1.29, 1.82) is 0 Å². The molecule has 2 fully saturated rings. The number of amides is 1. The molecule has 6 nitrogen and oxygen atoms in total. The number of aromatic nitrogens is 2. The van der Waals surface area contributed by atoms with Crippen molar-refractivity contribution in [2.24, 2.45) is 11.8 Å². The van der Waals surface area contributed by atoms with Crippen molar-refractivity contribution >= 4 is 22.6 Å². The van der Waals surface area contributed by atoms with E-state index in [4.69, 9.17) is 9.84 Å². The summed E-state index contributed by atoms with van der Waals surface area (Å²) in [6.07, 6.45) is 2.86. The second kappa shape index (κ2) is 11.5. The summed E-state index contributed by atoms with van der Waals surface area (Å²) in [6.45, 7) is 5.21. The van der Waals surface area contributed by atoms with Gasteiger partial charge in [-0.05, 0) is 92.8 Å². The van der Waals surface area contributed by atoms with E-state index < -0.39 is 11.7 Å². The molecule has 1 aliphatic heterocycles. The molecule has 2 heterocycles. The minimum Gasteiger partial charge on any atom is -0.381 e. The average Bonchev–Trinajstić information content (AvgIpc) is 3.65. The molecule has 2 aliphatic rings. The second-order valence-corrected chi connectivity index (χ2v) is 10.9. The number of Topliss-reactive ketones (excluding diaryl/α,β-unsaturated/α-hetero) is 1. The van der Waals surface area contributed by atoms with E-state index in [9.17, 15) is 22.8 Å². The third-order valence-corrected chi connectivity index (χ3v) is 7.86. The molecule has 1 saturated carbocycles. The van der Waals surface area contributed by atoms with Crippen LogP contribution in [0.1, 0.15) is 70.4 Å². The average molecular weight is 542 g/mol. The van der Waals surface area contributed by atoms with Gasteiger partial charge in [-0.25, -0.2) is 0 Å². The van der Waals surface area contributed by atoms with E-state index in [1.807, 2.05) is 29.9 Å². The molecule has 5 rings (SSSR count). The number of halogens is 3. The van der Waals surface area contributed by atoms with Crippen molar-refractivity contribution in [3.63, 3.8) is 0 Å². The minimum absolute atomic E-state index is 0.127. The van der Waals surface area contributed by atoms with Crippen molar-refractivity contribution in [3.8, 4) is 0 Å². The lowest BCUT2D eigenvalue weighted by Crippen LogP contribution is -2.39. The standard InChI is InChI=1S/C30H34F3N3O3/c1-20-25(28(37)3-2-16-39-19-22-4-5-22)10-11-27-26(20)18-36(34-27)17-21-12-14-35(15-13-21)29(38)23-6-8-24(9-7-23)30(31,32)33/h6-11,18,21-22H,2-5,12-17,19H2,1H3. The smallest absolute Gasteiger partial charge is 0.381 e. The lowest BCUT2D eigenvalue weighted by atomic mass is 9.96. The Hall–Kier alpha value is -3.20. The van der Waals surface area contributed by atoms with Crippen LogP contribution in [0.5, 0.6) is 0 Å². The van der Waals surface area contributed by atoms with E-state index in [0.717, 1.165) is 65.9 Å². The summed E-state index contributed by atoms with van der Waals surface area (Å²) >= 11 is 0. The zero-order chi connectivity index (χ0) is 27.6. The van der Waals surface area contributed by atoms with Crippen LogP contribution in [0.25, 0.3) is 10.9 Å². The highest BCUT2D eigenvalue weighted by Crippen LogP contribution is 2.30. The fraction of sp³-hybridized carbons (Fsp3) is 0.500. The normalized spacial score (nSPS) is 16.7. The second-order valence-electron chi connectivity index (χ2n) is 10.9. The predicted octanol–water partition coefficient (Wildman–Crippen LogP) is 6.31. The molecule has 1 aliphatic carbocycles. The van der Waals surface area contributed by atoms with Crippen molar-refractivity contribution in [3.05, 3.63) is 64.8 Å². The highest BCUT2D eigenvalue weighted by Gasteiger charge is 2.31. The minimum atomic E-state index is -4.42. The van der Waals surface area contributed by atoms with Crippen LogP contribution >= 0.6 is 0 Å². The maximum atomic E-state index is 12.8. The number of carbonyl (C=O) groups excluding carboxylic acids is 2. The monoisotopic (exact) mass is 541 g/mol. The lowest BCUT2D eigenvalue weighted by Gasteiger charge is -2.32. The molecular formula is C30H34F3N3O3. The number of alkyl halides is 3. The Morgan fingerprint density at radius 1 is 1.00 bits per heavy atom. The van der Waals surface area contributed by atoms with Gasteiger partial charge in [-0.2, -0.15) is 18.3 Å². The molecule has 0 bridgehead atoms. The quantitative estimate of drug-likeness (QED) is 0.223. The number of ether oxygens (including phenoxy) is 1. The highest BCUT2D eigenvalue weighted by atomic mass is 19.4. The molecule has 0 atom stereocenters. The number of hydrogen-bond donors (Lipinski definition) is 0. The van der Waals surface area contributed by atoms with Crippen molar-refractivity contribution in [2.75, 3.05) is 26.3 Å². The first-order valence-corrected chi connectivity index (χ1v) is 13.7. The molecular weight excluding hydrogens is 507 g/mol. The topological polar surface area (TPSA) is 64.4 Å². The van der Waals surface area contributed by atoms with Crippen LogP contribution < -0.4 is 0 Å². The predicted molar refractivity (Wildman–Crippen MR) is 142 cm³/mol. The zero-order valence-electron chi connectivity index (χ0n) is 22.2. The van der Waals surface area contributed by atoms with E-state index in [0.29, 0.717) is 38.6 Å². The molecule has 208 valence electrons. The van der Waals surface area contributed by atoms with Gasteiger partial charge < -0.3 is 9.64 Å². The first kappa shape index (κ1) is 27.4. The molecule has 0 unspecified atom stereocenters. The van der Waals surface area contributed by atoms with Gasteiger partial charge in [0.05, 0.1) is 11.1 Å². The van der Waals surface area contributed by atoms with Gasteiger partial charge in [0.1, 0.15) is 0 Å². The maximum absolute atomic E-state index is 12.8. The van der Waals surface area contributed by atoms with Crippen LogP contribution in [0, 0.1) is 18.8 Å². The number of aryl methyl sites for hydroxylation is 1. The Morgan fingerprint density at radius 3 is 2.38 bits per heavy atom. The number of carbonyl (C=O) groups is 2. The molecule has 1 amide bonds. The zero-order valence-corrected chi connectivity index (χ0v) is 22.2. The number of nitrogens with zero attached hydrogens (tertiary/aromatic N) is 3. The van der Waals surface area contributed by atoms with Crippen LogP contribution in [0.15, 0.2) is 42.6 Å². The molecule has 0 spiro atoms. The van der Waals surface area contributed by atoms with Gasteiger partial charge >= 0.3 is 6.18 Å². The summed E-state index contributed by atoms with van der Waals surface area (Å²) in [7, 11) is 0. The Labute approximate surface area is 226 Å². The summed E-state index contributed by atoms with van der Waals surface area (Å²) in [5.41, 5.74) is 2.04. The summed E-state index contributed by atoms with van der Waals surface area (Å²) in [4.78, 5) is 27.3. The van der Waals surface area contributed by atoms with Crippen LogP contribution in [0.4, 0.5) is 13.2 Å². The van der Waals surface area contributed by atoms with E-state index >= 15 is 0 Å². The Balaban J connectivity index is 1.13. The van der Waals surface area contributed by atoms with Crippen molar-refractivity contribution < 1.29 is 27.5 Å². The largest absolute Gasteiger partial charge is 0.416 e. The van der Waals surface area contributed by atoms with Crippen LogP contribution in [0.3, 0.4) is 0 Å². The van der Waals surface area contributed by atoms with E-state index in [1.54, 1.807) is 4.90 Å². The molecule has 3 aromatic rings. The number of rotatable bonds is 10. The summed E-state index contributed by atoms with van der Waals surface area (Å²) in [6, 6.07) is 8.17. The molecule has 1 aromatic heterocycles. The van der Waals surface area contributed by atoms with Crippen molar-refractivity contribution in [2.45, 2.75) is 58.2 Å². The number of piperidine rings is 1. The SMILES string of the molecule is Cc1c(C(=O)CCCOCC2CC2)ccc2nn(CC3CCN(C(=O)c4ccc(C(F)(F)F)cc4)CC3)cc12. The van der Waals surface area contributed by atoms with Gasteiger partial charge in [-0.15, -0.1) is 0 Å². The van der Waals surface area contributed by atoms with E-state index in [2.05, 4.69) is 0 Å². The molecule has 39 heavy (non-hydrogen) atoms. The molecule has 0 radical (unpaired) electrons. The Morgan fingerprint density at radius 2 is 1.72 bits per heavy atom. The maximum Gasteiger partial charge on any atom is 0.416 e. The number of benzene rings is 2. The fourth-order valence-corrected chi connectivity index (χ4v) is 5.25. The third kappa shape index (κ3) is 6.69. The first-order valence-electron chi connectivity index (χ1n) is 13.7. The van der Waals surface area contributed by atoms with E-state index in [1.165, 1.54) is 25.0 Å². The summed E-state index contributed by atoms with van der Waals surface area (Å²) in [5, 5.41) is 5.69. The van der Waals surface area contributed by atoms with Crippen LogP contribution in [0.2, 0.25) is 0 Å². The third-order valence-electron chi connectivity index (χ3n) is 7.86. The summed E-state index contributed by atoms with van der Waals surface area (Å²) < 4.78 is 46.0. The molecule has 0 N–H and O–H groups in total. The van der Waals surface area contributed by atoms with Gasteiger partial charge in [-0.3, -0.25) is 14.3 Å². The van der Waals surface area contributed by atoms with Crippen LogP contribution in [-0.4, -0.2) is 52.7 Å². The first-order chi connectivity index (χ1) is 18.7. The van der Waals surface area contributed by atoms with Crippen molar-refractivity contribution in [1.82, 2.24) is 14.7 Å². The number of ketones is 1. The fourth-order valence-electron chi connectivity index (χ4n) is 5.25. The Kier molecular flexibility index (Phi) is 8.07. The number of fused-ring (bicyclic) bond motifs is 1. The van der Waals surface area contributed by atoms with Gasteiger partial charge in [0.2, 0.25) is 0 Å². The lowest BCUT2D eigenvalue weighted by molar-refractivity contribution is -0.137. The van der Waals surface area contributed by atoms with Gasteiger partial charge in [0.25, 0.3) is 5.91 Å². The molecule has 2 aromatic carbocycles. The van der Waals surface area contributed by atoms with Gasteiger partial charge in [0, 0.05) is 62.0 Å². The van der Waals surface area contributed by atoms with Gasteiger partial charge in [-0.1, -0.05) is 0 Å².